The van der Waals surface area contributed by atoms with E-state index in [9.17, 15) is 4.79 Å². The van der Waals surface area contributed by atoms with Crippen LogP contribution in [0.3, 0.4) is 0 Å². The molecule has 3 rings (SSSR count). The van der Waals surface area contributed by atoms with Gasteiger partial charge in [0.1, 0.15) is 11.9 Å². The molecule has 1 amide bonds. The molecule has 1 aromatic rings. The number of fused-ring (bicyclic) bond motifs is 1. The number of benzene rings is 1. The molecule has 2 unspecified atom stereocenters. The molecule has 18 heavy (non-hydrogen) atoms. The normalized spacial score (nSPS) is 25.9. The van der Waals surface area contributed by atoms with Crippen molar-refractivity contribution in [1.82, 2.24) is 5.32 Å². The summed E-state index contributed by atoms with van der Waals surface area (Å²) >= 11 is 0. The molecular formula is C14H17NO3. The molecule has 0 aromatic heterocycles. The monoisotopic (exact) mass is 247 g/mol. The topological polar surface area (TPSA) is 47.6 Å². The van der Waals surface area contributed by atoms with E-state index in [1.807, 2.05) is 18.2 Å². The van der Waals surface area contributed by atoms with Crippen LogP contribution >= 0.6 is 0 Å². The van der Waals surface area contributed by atoms with Crippen molar-refractivity contribution < 1.29 is 14.3 Å². The molecule has 1 aliphatic heterocycles. The van der Waals surface area contributed by atoms with E-state index in [1.165, 1.54) is 0 Å². The first kappa shape index (κ1) is 11.5. The Kier molecular flexibility index (Phi) is 2.96. The van der Waals surface area contributed by atoms with Gasteiger partial charge in [0.2, 0.25) is 0 Å². The SMILES string of the molecule is COC1CCCC1Oc1ccc2c(c1)CNC2=O. The van der Waals surface area contributed by atoms with Crippen LogP contribution < -0.4 is 10.1 Å². The van der Waals surface area contributed by atoms with Crippen LogP contribution in [0, 0.1) is 0 Å². The largest absolute Gasteiger partial charge is 0.488 e. The minimum absolute atomic E-state index is 0.00665. The Morgan fingerprint density at radius 2 is 2.11 bits per heavy atom. The van der Waals surface area contributed by atoms with E-state index in [-0.39, 0.29) is 18.1 Å². The van der Waals surface area contributed by atoms with Gasteiger partial charge in [-0.05, 0) is 43.0 Å². The summed E-state index contributed by atoms with van der Waals surface area (Å²) in [5.41, 5.74) is 1.78. The van der Waals surface area contributed by atoms with E-state index >= 15 is 0 Å². The van der Waals surface area contributed by atoms with Gasteiger partial charge in [-0.25, -0.2) is 0 Å². The summed E-state index contributed by atoms with van der Waals surface area (Å²) in [7, 11) is 1.73. The summed E-state index contributed by atoms with van der Waals surface area (Å²) in [4.78, 5) is 11.4. The number of ether oxygens (including phenoxy) is 2. The van der Waals surface area contributed by atoms with Crippen molar-refractivity contribution in [1.29, 1.82) is 0 Å². The Morgan fingerprint density at radius 1 is 1.28 bits per heavy atom. The lowest BCUT2D eigenvalue weighted by Crippen LogP contribution is -2.27. The number of methoxy groups -OCH3 is 1. The zero-order valence-corrected chi connectivity index (χ0v) is 10.4. The van der Waals surface area contributed by atoms with Crippen LogP contribution in [0.1, 0.15) is 35.2 Å². The Labute approximate surface area is 106 Å². The smallest absolute Gasteiger partial charge is 0.251 e. The zero-order valence-electron chi connectivity index (χ0n) is 10.4. The Balaban J connectivity index is 1.76. The standard InChI is InChI=1S/C14H17NO3/c1-17-12-3-2-4-13(12)18-10-5-6-11-9(7-10)8-15-14(11)16/h5-7,12-13H,2-4,8H2,1H3,(H,15,16). The number of carbonyl (C=O) groups excluding carboxylic acids is 1. The molecule has 1 N–H and O–H groups in total. The first-order valence-corrected chi connectivity index (χ1v) is 6.38. The molecule has 1 aliphatic carbocycles. The van der Waals surface area contributed by atoms with Crippen molar-refractivity contribution in [3.05, 3.63) is 29.3 Å². The Bertz CT molecular complexity index is 472. The highest BCUT2D eigenvalue weighted by atomic mass is 16.5. The molecule has 0 radical (unpaired) electrons. The molecule has 4 nitrogen and oxygen atoms in total. The molecule has 1 aromatic carbocycles. The summed E-state index contributed by atoms with van der Waals surface area (Å²) in [6.45, 7) is 0.601. The molecule has 1 saturated carbocycles. The molecule has 1 fully saturated rings. The van der Waals surface area contributed by atoms with Gasteiger partial charge in [-0.1, -0.05) is 0 Å². The van der Waals surface area contributed by atoms with Gasteiger partial charge in [-0.3, -0.25) is 4.79 Å². The van der Waals surface area contributed by atoms with Gasteiger partial charge in [0.25, 0.3) is 5.91 Å². The maximum atomic E-state index is 11.4. The first-order chi connectivity index (χ1) is 8.78. The van der Waals surface area contributed by atoms with Gasteiger partial charge in [-0.2, -0.15) is 0 Å². The minimum Gasteiger partial charge on any atom is -0.488 e. The molecule has 0 spiro atoms. The molecule has 2 aliphatic rings. The van der Waals surface area contributed by atoms with Crippen molar-refractivity contribution in [3.63, 3.8) is 0 Å². The maximum Gasteiger partial charge on any atom is 0.251 e. The summed E-state index contributed by atoms with van der Waals surface area (Å²) in [6.07, 6.45) is 3.57. The summed E-state index contributed by atoms with van der Waals surface area (Å²) in [5.74, 6) is 0.839. The number of nitrogens with one attached hydrogen (secondary N) is 1. The average molecular weight is 247 g/mol. The predicted molar refractivity (Wildman–Crippen MR) is 66.7 cm³/mol. The predicted octanol–water partition coefficient (Wildman–Crippen LogP) is 1.88. The summed E-state index contributed by atoms with van der Waals surface area (Å²) in [6, 6.07) is 5.66. The van der Waals surface area contributed by atoms with Gasteiger partial charge in [0.05, 0.1) is 6.10 Å². The maximum absolute atomic E-state index is 11.4. The second-order valence-electron chi connectivity index (χ2n) is 4.86. The van der Waals surface area contributed by atoms with E-state index in [1.54, 1.807) is 7.11 Å². The van der Waals surface area contributed by atoms with Crippen LogP contribution in [0.4, 0.5) is 0 Å². The van der Waals surface area contributed by atoms with Crippen LogP contribution in [0.25, 0.3) is 0 Å². The van der Waals surface area contributed by atoms with Crippen LogP contribution in [-0.2, 0) is 11.3 Å². The van der Waals surface area contributed by atoms with Gasteiger partial charge < -0.3 is 14.8 Å². The van der Waals surface area contributed by atoms with E-state index in [2.05, 4.69) is 5.32 Å². The second kappa shape index (κ2) is 4.61. The third kappa shape index (κ3) is 1.97. The van der Waals surface area contributed by atoms with Gasteiger partial charge in [0.15, 0.2) is 0 Å². The third-order valence-corrected chi connectivity index (χ3v) is 3.74. The number of carbonyl (C=O) groups is 1. The lowest BCUT2D eigenvalue weighted by molar-refractivity contribution is 0.0228. The van der Waals surface area contributed by atoms with E-state index in [0.29, 0.717) is 6.54 Å². The quantitative estimate of drug-likeness (QED) is 0.887. The zero-order chi connectivity index (χ0) is 12.5. The van der Waals surface area contributed by atoms with Crippen LogP contribution in [-0.4, -0.2) is 25.2 Å². The lowest BCUT2D eigenvalue weighted by atomic mass is 10.1. The fraction of sp³-hybridized carbons (Fsp3) is 0.500. The van der Waals surface area contributed by atoms with Crippen LogP contribution in [0.2, 0.25) is 0 Å². The van der Waals surface area contributed by atoms with Gasteiger partial charge >= 0.3 is 0 Å². The van der Waals surface area contributed by atoms with Crippen molar-refractivity contribution in [2.24, 2.45) is 0 Å². The van der Waals surface area contributed by atoms with Crippen LogP contribution in [0.15, 0.2) is 18.2 Å². The number of rotatable bonds is 3. The number of hydrogen-bond donors (Lipinski definition) is 1. The minimum atomic E-state index is 0.00665. The molecular weight excluding hydrogens is 230 g/mol. The van der Waals surface area contributed by atoms with Gasteiger partial charge in [-0.15, -0.1) is 0 Å². The third-order valence-electron chi connectivity index (χ3n) is 3.74. The van der Waals surface area contributed by atoms with Crippen molar-refractivity contribution in [2.45, 2.75) is 38.0 Å². The van der Waals surface area contributed by atoms with Crippen LogP contribution in [0.5, 0.6) is 5.75 Å². The van der Waals surface area contributed by atoms with Crippen molar-refractivity contribution in [3.8, 4) is 5.75 Å². The Hall–Kier alpha value is -1.55. The molecule has 0 saturated heterocycles. The summed E-state index contributed by atoms with van der Waals surface area (Å²) < 4.78 is 11.4. The molecule has 4 heteroatoms. The molecule has 1 heterocycles. The molecule has 96 valence electrons. The fourth-order valence-electron chi connectivity index (χ4n) is 2.75. The number of hydrogen-bond acceptors (Lipinski definition) is 3. The van der Waals surface area contributed by atoms with E-state index in [4.69, 9.17) is 9.47 Å². The highest BCUT2D eigenvalue weighted by molar-refractivity contribution is 5.98. The fourth-order valence-corrected chi connectivity index (χ4v) is 2.75. The highest BCUT2D eigenvalue weighted by Crippen LogP contribution is 2.28. The van der Waals surface area contributed by atoms with Gasteiger partial charge in [0, 0.05) is 19.2 Å². The van der Waals surface area contributed by atoms with E-state index < -0.39 is 0 Å². The van der Waals surface area contributed by atoms with Crippen molar-refractivity contribution >= 4 is 5.91 Å². The Morgan fingerprint density at radius 3 is 2.94 bits per heavy atom. The van der Waals surface area contributed by atoms with Crippen molar-refractivity contribution in [2.75, 3.05) is 7.11 Å². The lowest BCUT2D eigenvalue weighted by Gasteiger charge is -2.20. The highest BCUT2D eigenvalue weighted by Gasteiger charge is 2.29. The van der Waals surface area contributed by atoms with E-state index in [0.717, 1.165) is 36.1 Å². The second-order valence-corrected chi connectivity index (χ2v) is 4.86. The first-order valence-electron chi connectivity index (χ1n) is 6.38. The average Bonchev–Trinajstić information content (AvgIpc) is 2.97. The summed E-state index contributed by atoms with van der Waals surface area (Å²) in [5, 5.41) is 2.81. The molecule has 2 atom stereocenters. The number of amides is 1. The molecule has 0 bridgehead atoms.